The van der Waals surface area contributed by atoms with Gasteiger partial charge in [-0.25, -0.2) is 26.7 Å². The van der Waals surface area contributed by atoms with Gasteiger partial charge in [0.15, 0.2) is 23.3 Å². The molecule has 114 valence electrons. The molecule has 0 saturated heterocycles. The van der Waals surface area contributed by atoms with Crippen LogP contribution in [0.1, 0.15) is 19.9 Å². The zero-order chi connectivity index (χ0) is 15.9. The molecule has 2 N–H and O–H groups in total. The van der Waals surface area contributed by atoms with Gasteiger partial charge in [-0.1, -0.05) is 0 Å². The molecule has 1 aromatic heterocycles. The lowest BCUT2D eigenvalue weighted by Crippen LogP contribution is -2.20. The molecule has 0 atom stereocenters. The highest BCUT2D eigenvalue weighted by molar-refractivity contribution is 7.89. The molecule has 0 aliphatic carbocycles. The van der Waals surface area contributed by atoms with Crippen molar-refractivity contribution in [3.8, 4) is 11.4 Å². The fourth-order valence-electron chi connectivity index (χ4n) is 1.82. The van der Waals surface area contributed by atoms with Gasteiger partial charge >= 0.3 is 0 Å². The van der Waals surface area contributed by atoms with E-state index in [4.69, 9.17) is 5.14 Å². The van der Waals surface area contributed by atoms with E-state index in [1.165, 1.54) is 0 Å². The lowest BCUT2D eigenvalue weighted by Gasteiger charge is -2.13. The third-order valence-electron chi connectivity index (χ3n) is 2.71. The molecule has 0 aliphatic rings. The lowest BCUT2D eigenvalue weighted by atomic mass is 10.1. The molecule has 0 saturated carbocycles. The third-order valence-corrected chi connectivity index (χ3v) is 3.50. The van der Waals surface area contributed by atoms with Crippen LogP contribution in [-0.4, -0.2) is 23.2 Å². The summed E-state index contributed by atoms with van der Waals surface area (Å²) < 4.78 is 64.0. The van der Waals surface area contributed by atoms with Gasteiger partial charge in [0.05, 0.1) is 5.56 Å². The minimum atomic E-state index is -4.20. The first-order chi connectivity index (χ1) is 9.64. The van der Waals surface area contributed by atoms with Crippen LogP contribution in [0.3, 0.4) is 0 Å². The number of benzene rings is 1. The van der Waals surface area contributed by atoms with Gasteiger partial charge in [-0.2, -0.15) is 0 Å². The standard InChI is InChI=1S/C11H11F3N4O2S/c1-5(2)18-10(16-17-11(18)21(15,19)20)6-3-4-7(12)9(14)8(6)13/h3-5H,1-2H3,(H2,15,19,20). The molecule has 1 aromatic carbocycles. The molecule has 2 aromatic rings. The van der Waals surface area contributed by atoms with E-state index in [0.29, 0.717) is 6.07 Å². The average molecular weight is 320 g/mol. The summed E-state index contributed by atoms with van der Waals surface area (Å²) in [6.07, 6.45) is 0. The SMILES string of the molecule is CC(C)n1c(-c2ccc(F)c(F)c2F)nnc1S(N)(=O)=O. The monoisotopic (exact) mass is 320 g/mol. The van der Waals surface area contributed by atoms with Crippen LogP contribution in [0.5, 0.6) is 0 Å². The van der Waals surface area contributed by atoms with E-state index in [1.807, 2.05) is 0 Å². The third kappa shape index (κ3) is 2.63. The van der Waals surface area contributed by atoms with Crippen molar-refractivity contribution in [2.75, 3.05) is 0 Å². The molecule has 0 amide bonds. The Balaban J connectivity index is 2.78. The van der Waals surface area contributed by atoms with Gasteiger partial charge in [0.1, 0.15) is 0 Å². The van der Waals surface area contributed by atoms with E-state index in [9.17, 15) is 21.6 Å². The molecule has 0 spiro atoms. The summed E-state index contributed by atoms with van der Waals surface area (Å²) >= 11 is 0. The van der Waals surface area contributed by atoms with Crippen molar-refractivity contribution in [1.82, 2.24) is 14.8 Å². The van der Waals surface area contributed by atoms with Crippen molar-refractivity contribution >= 4 is 10.0 Å². The van der Waals surface area contributed by atoms with Gasteiger partial charge in [-0.05, 0) is 26.0 Å². The van der Waals surface area contributed by atoms with Crippen LogP contribution in [0.2, 0.25) is 0 Å². The Morgan fingerprint density at radius 3 is 2.29 bits per heavy atom. The topological polar surface area (TPSA) is 90.9 Å². The fraction of sp³-hybridized carbons (Fsp3) is 0.273. The number of sulfonamides is 1. The van der Waals surface area contributed by atoms with E-state index in [0.717, 1.165) is 10.6 Å². The molecule has 2 rings (SSSR count). The normalized spacial score (nSPS) is 12.1. The Bertz CT molecular complexity index is 802. The Morgan fingerprint density at radius 1 is 1.14 bits per heavy atom. The fourth-order valence-corrected chi connectivity index (χ4v) is 2.54. The van der Waals surface area contributed by atoms with E-state index in [-0.39, 0.29) is 5.82 Å². The van der Waals surface area contributed by atoms with Crippen LogP contribution in [0.15, 0.2) is 17.3 Å². The quantitative estimate of drug-likeness (QED) is 0.870. The second kappa shape index (κ2) is 5.11. The molecular formula is C11H11F3N4O2S. The molecule has 0 aliphatic heterocycles. The number of nitrogens with zero attached hydrogens (tertiary/aromatic N) is 3. The maximum absolute atomic E-state index is 13.8. The van der Waals surface area contributed by atoms with E-state index in [2.05, 4.69) is 10.2 Å². The van der Waals surface area contributed by atoms with Crippen molar-refractivity contribution in [3.63, 3.8) is 0 Å². The van der Waals surface area contributed by atoms with Gasteiger partial charge in [0.2, 0.25) is 0 Å². The first-order valence-corrected chi connectivity index (χ1v) is 7.30. The molecule has 6 nitrogen and oxygen atoms in total. The average Bonchev–Trinajstić information content (AvgIpc) is 2.80. The van der Waals surface area contributed by atoms with Gasteiger partial charge in [0, 0.05) is 6.04 Å². The summed E-state index contributed by atoms with van der Waals surface area (Å²) in [5.41, 5.74) is -0.412. The lowest BCUT2D eigenvalue weighted by molar-refractivity contribution is 0.447. The second-order valence-corrected chi connectivity index (χ2v) is 5.99. The van der Waals surface area contributed by atoms with Gasteiger partial charge in [0.25, 0.3) is 15.2 Å². The summed E-state index contributed by atoms with van der Waals surface area (Å²) in [4.78, 5) is 0. The van der Waals surface area contributed by atoms with Crippen molar-refractivity contribution in [1.29, 1.82) is 0 Å². The Kier molecular flexibility index (Phi) is 3.76. The molecule has 0 bridgehead atoms. The van der Waals surface area contributed by atoms with Crippen LogP contribution in [0.25, 0.3) is 11.4 Å². The van der Waals surface area contributed by atoms with Crippen molar-refractivity contribution < 1.29 is 21.6 Å². The van der Waals surface area contributed by atoms with Crippen molar-refractivity contribution in [2.45, 2.75) is 25.0 Å². The summed E-state index contributed by atoms with van der Waals surface area (Å²) in [5, 5.41) is 11.3. The van der Waals surface area contributed by atoms with Gasteiger partial charge in [-0.3, -0.25) is 4.57 Å². The van der Waals surface area contributed by atoms with Crippen molar-refractivity contribution in [3.05, 3.63) is 29.6 Å². The first kappa shape index (κ1) is 15.4. The first-order valence-electron chi connectivity index (χ1n) is 5.76. The minimum absolute atomic E-state index is 0.259. The van der Waals surface area contributed by atoms with Gasteiger partial charge in [-0.15, -0.1) is 10.2 Å². The van der Waals surface area contributed by atoms with Gasteiger partial charge < -0.3 is 0 Å². The summed E-state index contributed by atoms with van der Waals surface area (Å²) in [6.45, 7) is 3.17. The predicted molar refractivity (Wildman–Crippen MR) is 67.1 cm³/mol. The molecule has 0 unspecified atom stereocenters. The molecule has 21 heavy (non-hydrogen) atoms. The molecular weight excluding hydrogens is 309 g/mol. The maximum atomic E-state index is 13.8. The highest BCUT2D eigenvalue weighted by atomic mass is 32.2. The van der Waals surface area contributed by atoms with E-state index >= 15 is 0 Å². The van der Waals surface area contributed by atoms with E-state index in [1.54, 1.807) is 13.8 Å². The number of rotatable bonds is 3. The number of aromatic nitrogens is 3. The van der Waals surface area contributed by atoms with Crippen LogP contribution >= 0.6 is 0 Å². The minimum Gasteiger partial charge on any atom is -0.294 e. The van der Waals surface area contributed by atoms with Crippen LogP contribution < -0.4 is 5.14 Å². The molecule has 0 radical (unpaired) electrons. The highest BCUT2D eigenvalue weighted by Crippen LogP contribution is 2.28. The Hall–Kier alpha value is -1.94. The number of halogens is 3. The van der Waals surface area contributed by atoms with Crippen LogP contribution in [0, 0.1) is 17.5 Å². The number of hydrogen-bond donors (Lipinski definition) is 1. The predicted octanol–water partition coefficient (Wildman–Crippen LogP) is 1.59. The second-order valence-electron chi connectivity index (χ2n) is 4.54. The van der Waals surface area contributed by atoms with Crippen molar-refractivity contribution in [2.24, 2.45) is 5.14 Å². The summed E-state index contributed by atoms with van der Waals surface area (Å²) in [6, 6.07) is 1.16. The zero-order valence-electron chi connectivity index (χ0n) is 11.0. The number of primary sulfonamides is 1. The molecule has 0 fully saturated rings. The smallest absolute Gasteiger partial charge is 0.273 e. The number of nitrogens with two attached hydrogens (primary N) is 1. The Labute approximate surface area is 118 Å². The molecule has 10 heteroatoms. The number of hydrogen-bond acceptors (Lipinski definition) is 4. The zero-order valence-corrected chi connectivity index (χ0v) is 11.8. The van der Waals surface area contributed by atoms with E-state index < -0.39 is 44.2 Å². The highest BCUT2D eigenvalue weighted by Gasteiger charge is 2.26. The van der Waals surface area contributed by atoms with Crippen LogP contribution in [0.4, 0.5) is 13.2 Å². The van der Waals surface area contributed by atoms with Crippen LogP contribution in [-0.2, 0) is 10.0 Å². The summed E-state index contributed by atoms with van der Waals surface area (Å²) in [7, 11) is -4.20. The Morgan fingerprint density at radius 2 is 1.76 bits per heavy atom. The summed E-state index contributed by atoms with van der Waals surface area (Å²) in [5.74, 6) is -4.78. The molecule has 1 heterocycles. The largest absolute Gasteiger partial charge is 0.294 e. The maximum Gasteiger partial charge on any atom is 0.273 e.